The molecule has 146 valence electrons. The highest BCUT2D eigenvalue weighted by Gasteiger charge is 2.32. The van der Waals surface area contributed by atoms with Crippen LogP contribution in [-0.2, 0) is 17.6 Å². The fourth-order valence-corrected chi connectivity index (χ4v) is 3.26. The molecule has 2 aromatic rings. The summed E-state index contributed by atoms with van der Waals surface area (Å²) in [5, 5.41) is 2.83. The number of hydrogen-bond acceptors (Lipinski definition) is 3. The van der Waals surface area contributed by atoms with E-state index in [9.17, 15) is 4.79 Å². The average Bonchev–Trinajstić information content (AvgIpc) is 3.00. The van der Waals surface area contributed by atoms with Crippen molar-refractivity contribution in [2.24, 2.45) is 0 Å². The maximum atomic E-state index is 11.8. The molecule has 2 aromatic carbocycles. The van der Waals surface area contributed by atoms with Crippen LogP contribution in [0.15, 0.2) is 48.5 Å². The molecule has 4 heteroatoms. The van der Waals surface area contributed by atoms with Gasteiger partial charge in [0.15, 0.2) is 11.5 Å². The molecule has 0 bridgehead atoms. The maximum Gasteiger partial charge on any atom is 0.220 e. The van der Waals surface area contributed by atoms with E-state index in [4.69, 9.17) is 9.47 Å². The van der Waals surface area contributed by atoms with Gasteiger partial charge in [0.1, 0.15) is 12.2 Å². The molecule has 3 rings (SSSR count). The number of carbonyl (C=O) groups is 1. The first-order valence-corrected chi connectivity index (χ1v) is 9.73. The minimum Gasteiger partial charge on any atom is -0.483 e. The van der Waals surface area contributed by atoms with Gasteiger partial charge in [-0.3, -0.25) is 4.79 Å². The number of para-hydroxylation sites is 1. The van der Waals surface area contributed by atoms with Crippen molar-refractivity contribution in [3.05, 3.63) is 59.7 Å². The Bertz CT molecular complexity index is 862. The first-order valence-electron chi connectivity index (χ1n) is 9.73. The number of nitrogens with one attached hydrogen (secondary N) is 1. The molecule has 0 atom stereocenters. The molecule has 0 aliphatic carbocycles. The van der Waals surface area contributed by atoms with Crippen molar-refractivity contribution in [2.45, 2.75) is 45.1 Å². The summed E-state index contributed by atoms with van der Waals surface area (Å²) < 4.78 is 11.7. The molecular formula is C24H27NO3. The topological polar surface area (TPSA) is 47.6 Å². The van der Waals surface area contributed by atoms with Crippen LogP contribution in [0, 0.1) is 11.8 Å². The van der Waals surface area contributed by atoms with Crippen molar-refractivity contribution >= 4 is 5.91 Å². The van der Waals surface area contributed by atoms with Crippen LogP contribution >= 0.6 is 0 Å². The number of amides is 1. The molecule has 1 N–H and O–H groups in total. The molecule has 1 aliphatic heterocycles. The van der Waals surface area contributed by atoms with Gasteiger partial charge in [-0.15, -0.1) is 0 Å². The minimum absolute atomic E-state index is 0.0302. The summed E-state index contributed by atoms with van der Waals surface area (Å²) in [5.74, 6) is 7.45. The van der Waals surface area contributed by atoms with Crippen LogP contribution in [0.4, 0.5) is 0 Å². The zero-order chi connectivity index (χ0) is 19.8. The van der Waals surface area contributed by atoms with E-state index in [1.807, 2.05) is 30.3 Å². The van der Waals surface area contributed by atoms with Gasteiger partial charge in [0, 0.05) is 18.4 Å². The lowest BCUT2D eigenvalue weighted by Gasteiger charge is -2.17. The van der Waals surface area contributed by atoms with E-state index in [-0.39, 0.29) is 18.1 Å². The second kappa shape index (κ2) is 9.32. The average molecular weight is 377 g/mol. The van der Waals surface area contributed by atoms with Crippen molar-refractivity contribution in [2.75, 3.05) is 13.2 Å². The van der Waals surface area contributed by atoms with Gasteiger partial charge in [-0.25, -0.2) is 0 Å². The van der Waals surface area contributed by atoms with Gasteiger partial charge in [-0.1, -0.05) is 54.3 Å². The van der Waals surface area contributed by atoms with Gasteiger partial charge in [-0.2, -0.15) is 0 Å². The SMILES string of the molecule is CC1(C)Cc2cccc(OCC#CCNC(=O)CCCc3ccccc3)c2O1. The third kappa shape index (κ3) is 5.79. The van der Waals surface area contributed by atoms with E-state index in [0.717, 1.165) is 30.8 Å². The monoisotopic (exact) mass is 377 g/mol. The first kappa shape index (κ1) is 19.8. The summed E-state index contributed by atoms with van der Waals surface area (Å²) in [6.45, 7) is 4.74. The predicted octanol–water partition coefficient (Wildman–Crippen LogP) is 3.92. The van der Waals surface area contributed by atoms with Crippen molar-refractivity contribution in [1.82, 2.24) is 5.32 Å². The largest absolute Gasteiger partial charge is 0.483 e. The predicted molar refractivity (Wildman–Crippen MR) is 111 cm³/mol. The Morgan fingerprint density at radius 1 is 1.14 bits per heavy atom. The quantitative estimate of drug-likeness (QED) is 0.744. The van der Waals surface area contributed by atoms with E-state index in [1.54, 1.807) is 0 Å². The van der Waals surface area contributed by atoms with Crippen LogP contribution in [0.1, 0.15) is 37.8 Å². The van der Waals surface area contributed by atoms with Gasteiger partial charge >= 0.3 is 0 Å². The minimum atomic E-state index is -0.196. The van der Waals surface area contributed by atoms with Gasteiger partial charge in [-0.05, 0) is 38.3 Å². The molecule has 0 spiro atoms. The fraction of sp³-hybridized carbons (Fsp3) is 0.375. The zero-order valence-corrected chi connectivity index (χ0v) is 16.6. The Balaban J connectivity index is 1.34. The Morgan fingerprint density at radius 2 is 1.96 bits per heavy atom. The van der Waals surface area contributed by atoms with E-state index in [0.29, 0.717) is 13.0 Å². The second-order valence-electron chi connectivity index (χ2n) is 7.54. The van der Waals surface area contributed by atoms with Gasteiger partial charge < -0.3 is 14.8 Å². The van der Waals surface area contributed by atoms with Crippen molar-refractivity contribution < 1.29 is 14.3 Å². The lowest BCUT2D eigenvalue weighted by molar-refractivity contribution is -0.120. The van der Waals surface area contributed by atoms with Crippen molar-refractivity contribution in [1.29, 1.82) is 0 Å². The van der Waals surface area contributed by atoms with E-state index < -0.39 is 0 Å². The maximum absolute atomic E-state index is 11.8. The molecule has 28 heavy (non-hydrogen) atoms. The molecule has 1 aliphatic rings. The van der Waals surface area contributed by atoms with E-state index >= 15 is 0 Å². The number of rotatable bonds is 7. The van der Waals surface area contributed by atoms with E-state index in [2.05, 4.69) is 49.2 Å². The summed E-state index contributed by atoms with van der Waals surface area (Å²) in [6, 6.07) is 16.1. The van der Waals surface area contributed by atoms with Crippen LogP contribution in [0.25, 0.3) is 0 Å². The van der Waals surface area contributed by atoms with E-state index in [1.165, 1.54) is 11.1 Å². The molecule has 0 unspecified atom stereocenters. The first-order chi connectivity index (χ1) is 13.5. The number of fused-ring (bicyclic) bond motifs is 1. The standard InChI is InChI=1S/C24H27NO3/c1-24(2)18-20-13-9-14-21(23(20)28-24)27-17-7-6-16-25-22(26)15-8-12-19-10-4-3-5-11-19/h3-5,9-11,13-14H,8,12,15-18H2,1-2H3,(H,25,26). The third-order valence-electron chi connectivity index (χ3n) is 4.57. The van der Waals surface area contributed by atoms with Crippen LogP contribution in [-0.4, -0.2) is 24.7 Å². The van der Waals surface area contributed by atoms with Crippen LogP contribution < -0.4 is 14.8 Å². The molecule has 0 aromatic heterocycles. The molecule has 1 amide bonds. The Morgan fingerprint density at radius 3 is 2.79 bits per heavy atom. The number of aryl methyl sites for hydroxylation is 1. The lowest BCUT2D eigenvalue weighted by atomic mass is 10.0. The van der Waals surface area contributed by atoms with Crippen molar-refractivity contribution in [3.8, 4) is 23.3 Å². The highest BCUT2D eigenvalue weighted by molar-refractivity contribution is 5.76. The van der Waals surface area contributed by atoms with Crippen LogP contribution in [0.3, 0.4) is 0 Å². The summed E-state index contributed by atoms with van der Waals surface area (Å²) in [5.41, 5.74) is 2.23. The summed E-state index contributed by atoms with van der Waals surface area (Å²) >= 11 is 0. The van der Waals surface area contributed by atoms with Crippen LogP contribution in [0.2, 0.25) is 0 Å². The Kier molecular flexibility index (Phi) is 6.60. The Labute approximate surface area is 167 Å². The molecular weight excluding hydrogens is 350 g/mol. The smallest absolute Gasteiger partial charge is 0.220 e. The third-order valence-corrected chi connectivity index (χ3v) is 4.57. The van der Waals surface area contributed by atoms with Gasteiger partial charge in [0.05, 0.1) is 6.54 Å². The molecule has 1 heterocycles. The second-order valence-corrected chi connectivity index (χ2v) is 7.54. The lowest BCUT2D eigenvalue weighted by Crippen LogP contribution is -2.24. The summed E-state index contributed by atoms with van der Waals surface area (Å²) in [7, 11) is 0. The molecule has 4 nitrogen and oxygen atoms in total. The van der Waals surface area contributed by atoms with Gasteiger partial charge in [0.25, 0.3) is 0 Å². The molecule has 0 saturated carbocycles. The molecule has 0 fully saturated rings. The zero-order valence-electron chi connectivity index (χ0n) is 16.6. The number of hydrogen-bond donors (Lipinski definition) is 1. The highest BCUT2D eigenvalue weighted by Crippen LogP contribution is 2.41. The summed E-state index contributed by atoms with van der Waals surface area (Å²) in [6.07, 6.45) is 3.13. The van der Waals surface area contributed by atoms with Crippen LogP contribution in [0.5, 0.6) is 11.5 Å². The fourth-order valence-electron chi connectivity index (χ4n) is 3.26. The normalized spacial score (nSPS) is 13.6. The molecule has 0 saturated heterocycles. The van der Waals surface area contributed by atoms with Crippen molar-refractivity contribution in [3.63, 3.8) is 0 Å². The Hall–Kier alpha value is -2.93. The van der Waals surface area contributed by atoms with Gasteiger partial charge in [0.2, 0.25) is 5.91 Å². The summed E-state index contributed by atoms with van der Waals surface area (Å²) in [4.78, 5) is 11.8. The highest BCUT2D eigenvalue weighted by atomic mass is 16.5. The number of carbonyl (C=O) groups excluding carboxylic acids is 1. The number of benzene rings is 2. The molecule has 0 radical (unpaired) electrons. The number of ether oxygens (including phenoxy) is 2.